The highest BCUT2D eigenvalue weighted by Gasteiger charge is 2.24. The average molecular weight is 559 g/mol. The molecule has 0 saturated carbocycles. The molecule has 0 fully saturated rings. The molecule has 1 atom stereocenters. The third-order valence-electron chi connectivity index (χ3n) is 6.21. The monoisotopic (exact) mass is 558 g/mol. The molecule has 41 heavy (non-hydrogen) atoms. The summed E-state index contributed by atoms with van der Waals surface area (Å²) in [4.78, 5) is 65.2. The van der Waals surface area contributed by atoms with Crippen molar-refractivity contribution in [1.82, 2.24) is 30.4 Å². The summed E-state index contributed by atoms with van der Waals surface area (Å²) in [5, 5.41) is 24.7. The summed E-state index contributed by atoms with van der Waals surface area (Å²) in [5.41, 5.74) is 6.33. The molecule has 2 aromatic heterocycles. The molecular weight excluding hydrogens is 536 g/mol. The van der Waals surface area contributed by atoms with Gasteiger partial charge in [0.25, 0.3) is 23.6 Å². The maximum Gasteiger partial charge on any atom is 0.335 e. The van der Waals surface area contributed by atoms with E-state index in [2.05, 4.69) is 31.2 Å². The average Bonchev–Trinajstić information content (AvgIpc) is 3.39. The molecule has 1 aliphatic heterocycles. The summed E-state index contributed by atoms with van der Waals surface area (Å²) >= 11 is 0. The van der Waals surface area contributed by atoms with Crippen LogP contribution in [0.3, 0.4) is 0 Å². The maximum atomic E-state index is 13.2. The summed E-state index contributed by atoms with van der Waals surface area (Å²) in [7, 11) is 0. The Bertz CT molecular complexity index is 1730. The summed E-state index contributed by atoms with van der Waals surface area (Å²) in [6, 6.07) is 11.6. The Hall–Kier alpha value is -5.86. The number of carboxylic acid groups (broad SMARTS) is 1. The van der Waals surface area contributed by atoms with E-state index in [1.807, 2.05) is 0 Å². The molecule has 15 nitrogen and oxygen atoms in total. The van der Waals surface area contributed by atoms with Gasteiger partial charge in [-0.1, -0.05) is 23.4 Å². The first-order valence-corrected chi connectivity index (χ1v) is 12.1. The Kier molecular flexibility index (Phi) is 6.99. The molecule has 0 radical (unpaired) electrons. The summed E-state index contributed by atoms with van der Waals surface area (Å²) in [5.74, 6) is -3.18. The molecule has 3 heterocycles. The van der Waals surface area contributed by atoms with Gasteiger partial charge in [0.15, 0.2) is 17.9 Å². The number of hydrogen-bond acceptors (Lipinski definition) is 9. The Morgan fingerprint density at radius 3 is 2.59 bits per heavy atom. The lowest BCUT2D eigenvalue weighted by atomic mass is 10.1. The molecule has 1 aliphatic rings. The van der Waals surface area contributed by atoms with Gasteiger partial charge in [-0.25, -0.2) is 9.78 Å². The Balaban J connectivity index is 1.40. The second-order valence-electron chi connectivity index (χ2n) is 9.04. The zero-order valence-corrected chi connectivity index (χ0v) is 21.4. The summed E-state index contributed by atoms with van der Waals surface area (Å²) < 4.78 is 6.34. The van der Waals surface area contributed by atoms with Crippen molar-refractivity contribution in [3.05, 3.63) is 82.3 Å². The van der Waals surface area contributed by atoms with Crippen molar-refractivity contribution >= 4 is 40.9 Å². The standard InChI is InChI=1S/C26H22N8O7/c1-12(14-3-5-15(6-4-14)26(39)40)29-24(37)17-9-18(34-23(31-17)21(22(27)36)32-33-34)25(38)28-10-13-2-7-19-16(8-13)30-20(35)11-41-19/h2-9,12H,10-11H2,1H3,(H2,27,36)(H,28,38)(H,29,37)(H,30,35)(H,39,40)/t12-/m0/s1. The normalized spacial score (nSPS) is 13.0. The number of aromatic carboxylic acids is 1. The van der Waals surface area contributed by atoms with Crippen LogP contribution in [0.4, 0.5) is 5.69 Å². The zero-order chi connectivity index (χ0) is 29.3. The number of hydrogen-bond donors (Lipinski definition) is 5. The van der Waals surface area contributed by atoms with Crippen LogP contribution in [-0.4, -0.2) is 61.1 Å². The summed E-state index contributed by atoms with van der Waals surface area (Å²) in [6.45, 7) is 1.63. The number of amides is 4. The molecular formula is C26H22N8O7. The van der Waals surface area contributed by atoms with Gasteiger partial charge in [0, 0.05) is 12.6 Å². The number of nitrogens with two attached hydrogens (primary N) is 1. The fraction of sp³-hybridized carbons (Fsp3) is 0.154. The number of anilines is 1. The van der Waals surface area contributed by atoms with Gasteiger partial charge in [-0.15, -0.1) is 5.10 Å². The van der Waals surface area contributed by atoms with Gasteiger partial charge in [-0.2, -0.15) is 4.52 Å². The van der Waals surface area contributed by atoms with Crippen LogP contribution >= 0.6 is 0 Å². The number of carbonyl (C=O) groups is 5. The quantitative estimate of drug-likeness (QED) is 0.203. The molecule has 0 aliphatic carbocycles. The minimum atomic E-state index is -1.08. The van der Waals surface area contributed by atoms with Crippen molar-refractivity contribution in [3.63, 3.8) is 0 Å². The first-order chi connectivity index (χ1) is 19.6. The largest absolute Gasteiger partial charge is 0.482 e. The lowest BCUT2D eigenvalue weighted by molar-refractivity contribution is -0.118. The molecule has 5 rings (SSSR count). The molecule has 0 bridgehead atoms. The lowest BCUT2D eigenvalue weighted by Crippen LogP contribution is -2.30. The number of carboxylic acids is 1. The van der Waals surface area contributed by atoms with Crippen molar-refractivity contribution in [2.24, 2.45) is 5.73 Å². The predicted molar refractivity (Wildman–Crippen MR) is 140 cm³/mol. The Morgan fingerprint density at radius 1 is 1.12 bits per heavy atom. The van der Waals surface area contributed by atoms with Crippen molar-refractivity contribution in [2.75, 3.05) is 11.9 Å². The number of nitrogens with one attached hydrogen (secondary N) is 3. The van der Waals surface area contributed by atoms with Crippen molar-refractivity contribution in [3.8, 4) is 5.75 Å². The summed E-state index contributed by atoms with van der Waals surface area (Å²) in [6.07, 6.45) is 0. The third-order valence-corrected chi connectivity index (χ3v) is 6.21. The number of ether oxygens (including phenoxy) is 1. The van der Waals surface area contributed by atoms with Gasteiger partial charge >= 0.3 is 5.97 Å². The van der Waals surface area contributed by atoms with Gasteiger partial charge < -0.3 is 31.5 Å². The molecule has 0 spiro atoms. The molecule has 0 unspecified atom stereocenters. The van der Waals surface area contributed by atoms with Crippen LogP contribution in [0.2, 0.25) is 0 Å². The highest BCUT2D eigenvalue weighted by molar-refractivity contribution is 6.01. The molecule has 6 N–H and O–H groups in total. The number of fused-ring (bicyclic) bond motifs is 2. The van der Waals surface area contributed by atoms with Gasteiger partial charge in [-0.3, -0.25) is 19.2 Å². The first-order valence-electron chi connectivity index (χ1n) is 12.1. The Morgan fingerprint density at radius 2 is 1.88 bits per heavy atom. The van der Waals surface area contributed by atoms with E-state index in [1.165, 1.54) is 18.2 Å². The molecule has 4 aromatic rings. The SMILES string of the molecule is C[C@H](NC(=O)c1cc(C(=O)NCc2ccc3c(c2)NC(=O)CO3)n2nnc(C(N)=O)c2n1)c1ccc(C(=O)O)cc1. The molecule has 15 heteroatoms. The van der Waals surface area contributed by atoms with Crippen molar-refractivity contribution in [1.29, 1.82) is 0 Å². The highest BCUT2D eigenvalue weighted by atomic mass is 16.5. The van der Waals surface area contributed by atoms with Gasteiger partial charge in [-0.05, 0) is 42.3 Å². The van der Waals surface area contributed by atoms with Gasteiger partial charge in [0.05, 0.1) is 17.3 Å². The second kappa shape index (κ2) is 10.7. The molecule has 208 valence electrons. The fourth-order valence-electron chi connectivity index (χ4n) is 4.10. The minimum absolute atomic E-state index is 0.0358. The van der Waals surface area contributed by atoms with E-state index >= 15 is 0 Å². The van der Waals surface area contributed by atoms with Crippen LogP contribution in [0.5, 0.6) is 5.75 Å². The van der Waals surface area contributed by atoms with Crippen LogP contribution in [-0.2, 0) is 11.3 Å². The molecule has 4 amide bonds. The van der Waals surface area contributed by atoms with E-state index in [4.69, 9.17) is 15.6 Å². The van der Waals surface area contributed by atoms with E-state index in [-0.39, 0.29) is 47.4 Å². The number of aromatic nitrogens is 4. The van der Waals surface area contributed by atoms with Crippen LogP contribution < -0.4 is 26.4 Å². The number of nitrogens with zero attached hydrogens (tertiary/aromatic N) is 4. The smallest absolute Gasteiger partial charge is 0.335 e. The number of carbonyl (C=O) groups excluding carboxylic acids is 4. The van der Waals surface area contributed by atoms with Crippen LogP contribution in [0.15, 0.2) is 48.5 Å². The minimum Gasteiger partial charge on any atom is -0.482 e. The van der Waals surface area contributed by atoms with E-state index < -0.39 is 29.7 Å². The molecule has 2 aromatic carbocycles. The van der Waals surface area contributed by atoms with E-state index in [1.54, 1.807) is 37.3 Å². The second-order valence-corrected chi connectivity index (χ2v) is 9.04. The zero-order valence-electron chi connectivity index (χ0n) is 21.4. The maximum absolute atomic E-state index is 13.2. The van der Waals surface area contributed by atoms with Crippen LogP contribution in [0.25, 0.3) is 5.65 Å². The fourth-order valence-corrected chi connectivity index (χ4v) is 4.10. The van der Waals surface area contributed by atoms with E-state index in [9.17, 15) is 24.0 Å². The topological polar surface area (TPSA) is 220 Å². The van der Waals surface area contributed by atoms with E-state index in [0.29, 0.717) is 22.6 Å². The predicted octanol–water partition coefficient (Wildman–Crippen LogP) is 0.673. The third kappa shape index (κ3) is 5.49. The van der Waals surface area contributed by atoms with Crippen molar-refractivity contribution in [2.45, 2.75) is 19.5 Å². The number of benzene rings is 2. The van der Waals surface area contributed by atoms with Gasteiger partial charge in [0.2, 0.25) is 0 Å². The number of rotatable bonds is 8. The van der Waals surface area contributed by atoms with Crippen LogP contribution in [0.1, 0.15) is 65.9 Å². The van der Waals surface area contributed by atoms with Crippen molar-refractivity contribution < 1.29 is 33.8 Å². The highest BCUT2D eigenvalue weighted by Crippen LogP contribution is 2.28. The Labute approximate surface area is 230 Å². The van der Waals surface area contributed by atoms with E-state index in [0.717, 1.165) is 4.52 Å². The van der Waals surface area contributed by atoms with Gasteiger partial charge in [0.1, 0.15) is 17.1 Å². The lowest BCUT2D eigenvalue weighted by Gasteiger charge is -2.18. The first kappa shape index (κ1) is 26.7. The number of primary amides is 1. The molecule has 0 saturated heterocycles. The van der Waals surface area contributed by atoms with Crippen LogP contribution in [0, 0.1) is 0 Å².